The smallest absolute Gasteiger partial charge is 0.255 e. The second-order valence-corrected chi connectivity index (χ2v) is 10.3. The topological polar surface area (TPSA) is 99.6 Å². The van der Waals surface area contributed by atoms with Gasteiger partial charge in [0.1, 0.15) is 5.82 Å². The molecule has 4 aromatic carbocycles. The Kier molecular flexibility index (Phi) is 8.68. The number of morpholine rings is 1. The molecular weight excluding hydrogens is 538 g/mol. The molecule has 0 atom stereocenters. The zero-order chi connectivity index (χ0) is 29.4. The van der Waals surface area contributed by atoms with Gasteiger partial charge in [-0.05, 0) is 53.6 Å². The largest absolute Gasteiger partial charge is 0.392 e. The van der Waals surface area contributed by atoms with Crippen LogP contribution in [-0.4, -0.2) is 47.3 Å². The van der Waals surface area contributed by atoms with Crippen molar-refractivity contribution in [3.05, 3.63) is 126 Å². The van der Waals surface area contributed by atoms with Gasteiger partial charge in [0, 0.05) is 53.8 Å². The van der Waals surface area contributed by atoms with Crippen LogP contribution in [0.2, 0.25) is 0 Å². The summed E-state index contributed by atoms with van der Waals surface area (Å²) in [4.78, 5) is 25.0. The summed E-state index contributed by atoms with van der Waals surface area (Å²) in [6.07, 6.45) is 0. The van der Waals surface area contributed by atoms with E-state index in [9.17, 15) is 9.90 Å². The van der Waals surface area contributed by atoms with E-state index in [0.717, 1.165) is 52.5 Å². The van der Waals surface area contributed by atoms with Crippen LogP contribution in [0.15, 0.2) is 109 Å². The second-order valence-electron chi connectivity index (χ2n) is 10.3. The lowest BCUT2D eigenvalue weighted by atomic mass is 10.1. The molecule has 0 unspecified atom stereocenters. The number of aliphatic hydroxyl groups is 1. The van der Waals surface area contributed by atoms with Crippen LogP contribution in [0.25, 0.3) is 22.6 Å². The average molecular weight is 572 g/mol. The van der Waals surface area contributed by atoms with Crippen LogP contribution in [0.3, 0.4) is 0 Å². The van der Waals surface area contributed by atoms with Crippen molar-refractivity contribution in [2.75, 3.05) is 41.8 Å². The summed E-state index contributed by atoms with van der Waals surface area (Å²) in [6.45, 7) is 3.37. The van der Waals surface area contributed by atoms with E-state index >= 15 is 0 Å². The molecule has 0 bridgehead atoms. The fourth-order valence-corrected chi connectivity index (χ4v) is 4.98. The Balaban J connectivity index is 1.20. The first-order valence-electron chi connectivity index (χ1n) is 14.4. The van der Waals surface area contributed by atoms with Crippen molar-refractivity contribution in [2.24, 2.45) is 0 Å². The number of nitrogens with one attached hydrogen (secondary N) is 2. The predicted molar refractivity (Wildman–Crippen MR) is 170 cm³/mol. The maximum absolute atomic E-state index is 13.1. The lowest BCUT2D eigenvalue weighted by molar-refractivity contribution is 0.102. The van der Waals surface area contributed by atoms with Crippen LogP contribution in [0.1, 0.15) is 21.5 Å². The summed E-state index contributed by atoms with van der Waals surface area (Å²) in [5.74, 6) is 1.25. The molecule has 0 radical (unpaired) electrons. The monoisotopic (exact) mass is 571 g/mol. The molecule has 2 heterocycles. The SMILES string of the molecule is O=C(Nc1ccc(-c2cc(N3CCOCC3)nc(-c3cccc(CO)c3)n2)cc1)c1cccc(CNc2ccccc2)c1. The number of benzene rings is 4. The number of aromatic nitrogens is 2. The molecule has 5 aromatic rings. The number of carbonyl (C=O) groups is 1. The average Bonchev–Trinajstić information content (AvgIpc) is 3.08. The predicted octanol–water partition coefficient (Wildman–Crippen LogP) is 6.00. The quantitative estimate of drug-likeness (QED) is 0.199. The van der Waals surface area contributed by atoms with Gasteiger partial charge in [0.25, 0.3) is 5.91 Å². The molecule has 6 rings (SSSR count). The minimum atomic E-state index is -0.169. The van der Waals surface area contributed by atoms with E-state index in [-0.39, 0.29) is 12.5 Å². The van der Waals surface area contributed by atoms with Crippen molar-refractivity contribution in [2.45, 2.75) is 13.2 Å². The molecule has 1 aliphatic heterocycles. The lowest BCUT2D eigenvalue weighted by Gasteiger charge is -2.28. The zero-order valence-corrected chi connectivity index (χ0v) is 23.7. The molecule has 1 aliphatic rings. The van der Waals surface area contributed by atoms with E-state index in [0.29, 0.717) is 36.8 Å². The minimum absolute atomic E-state index is 0.0497. The number of hydrogen-bond donors (Lipinski definition) is 3. The molecular formula is C35H33N5O3. The maximum Gasteiger partial charge on any atom is 0.255 e. The van der Waals surface area contributed by atoms with E-state index in [2.05, 4.69) is 15.5 Å². The van der Waals surface area contributed by atoms with Gasteiger partial charge in [-0.1, -0.05) is 60.7 Å². The van der Waals surface area contributed by atoms with Crippen molar-refractivity contribution in [3.8, 4) is 22.6 Å². The number of hydrogen-bond acceptors (Lipinski definition) is 7. The lowest BCUT2D eigenvalue weighted by Crippen LogP contribution is -2.36. The molecule has 8 nitrogen and oxygen atoms in total. The van der Waals surface area contributed by atoms with Crippen molar-refractivity contribution >= 4 is 23.1 Å². The third-order valence-corrected chi connectivity index (χ3v) is 7.31. The maximum atomic E-state index is 13.1. The summed E-state index contributed by atoms with van der Waals surface area (Å²) in [7, 11) is 0. The van der Waals surface area contributed by atoms with Crippen LogP contribution in [0.4, 0.5) is 17.2 Å². The van der Waals surface area contributed by atoms with Gasteiger partial charge in [-0.15, -0.1) is 0 Å². The van der Waals surface area contributed by atoms with Gasteiger partial charge in [0.2, 0.25) is 0 Å². The van der Waals surface area contributed by atoms with Crippen LogP contribution in [-0.2, 0) is 17.9 Å². The Morgan fingerprint density at radius 1 is 0.767 bits per heavy atom. The van der Waals surface area contributed by atoms with Gasteiger partial charge in [-0.25, -0.2) is 9.97 Å². The van der Waals surface area contributed by atoms with Crippen LogP contribution in [0, 0.1) is 0 Å². The third kappa shape index (κ3) is 7.06. The van der Waals surface area contributed by atoms with Gasteiger partial charge in [0.15, 0.2) is 5.82 Å². The molecule has 216 valence electrons. The highest BCUT2D eigenvalue weighted by molar-refractivity contribution is 6.04. The Labute approximate surface area is 251 Å². The van der Waals surface area contributed by atoms with E-state index in [1.165, 1.54) is 0 Å². The molecule has 0 spiro atoms. The summed E-state index contributed by atoms with van der Waals surface area (Å²) in [5.41, 5.74) is 6.67. The van der Waals surface area contributed by atoms with Gasteiger partial charge in [-0.2, -0.15) is 0 Å². The molecule has 0 saturated carbocycles. The van der Waals surface area contributed by atoms with Crippen LogP contribution < -0.4 is 15.5 Å². The van der Waals surface area contributed by atoms with E-state index in [1.807, 2.05) is 109 Å². The molecule has 1 fully saturated rings. The van der Waals surface area contributed by atoms with Crippen LogP contribution in [0.5, 0.6) is 0 Å². The fourth-order valence-electron chi connectivity index (χ4n) is 4.98. The number of para-hydroxylation sites is 1. The molecule has 8 heteroatoms. The Hall–Kier alpha value is -5.05. The molecule has 0 aliphatic carbocycles. The highest BCUT2D eigenvalue weighted by Gasteiger charge is 2.17. The normalized spacial score (nSPS) is 13.0. The Morgan fingerprint density at radius 2 is 1.53 bits per heavy atom. The number of rotatable bonds is 9. The molecule has 3 N–H and O–H groups in total. The highest BCUT2D eigenvalue weighted by Crippen LogP contribution is 2.28. The number of nitrogens with zero attached hydrogens (tertiary/aromatic N) is 3. The number of amides is 1. The number of carbonyl (C=O) groups excluding carboxylic acids is 1. The molecule has 43 heavy (non-hydrogen) atoms. The molecule has 1 saturated heterocycles. The molecule has 1 amide bonds. The number of anilines is 3. The minimum Gasteiger partial charge on any atom is -0.392 e. The van der Waals surface area contributed by atoms with Gasteiger partial charge in [-0.3, -0.25) is 4.79 Å². The number of ether oxygens (including phenoxy) is 1. The summed E-state index contributed by atoms with van der Waals surface area (Å²) < 4.78 is 5.54. The van der Waals surface area contributed by atoms with Crippen molar-refractivity contribution in [3.63, 3.8) is 0 Å². The van der Waals surface area contributed by atoms with Gasteiger partial charge < -0.3 is 25.4 Å². The van der Waals surface area contributed by atoms with Crippen molar-refractivity contribution in [1.82, 2.24) is 9.97 Å². The standard InChI is InChI=1S/C35H33N5O3/c41-24-26-7-5-8-28(21-26)34-38-32(22-33(39-34)40-16-18-43-19-17-40)27-12-14-31(15-13-27)37-35(42)29-9-4-6-25(20-29)23-36-30-10-2-1-3-11-30/h1-15,20-22,36,41H,16-19,23-24H2,(H,37,42). The Bertz CT molecular complexity index is 1690. The third-order valence-electron chi connectivity index (χ3n) is 7.31. The van der Waals surface area contributed by atoms with Gasteiger partial charge in [0.05, 0.1) is 25.5 Å². The first-order valence-corrected chi connectivity index (χ1v) is 14.4. The summed E-state index contributed by atoms with van der Waals surface area (Å²) in [5, 5.41) is 16.0. The van der Waals surface area contributed by atoms with E-state index in [4.69, 9.17) is 14.7 Å². The van der Waals surface area contributed by atoms with E-state index in [1.54, 1.807) is 0 Å². The highest BCUT2D eigenvalue weighted by atomic mass is 16.5. The Morgan fingerprint density at radius 3 is 2.33 bits per heavy atom. The van der Waals surface area contributed by atoms with Gasteiger partial charge >= 0.3 is 0 Å². The summed E-state index contributed by atoms with van der Waals surface area (Å²) >= 11 is 0. The number of aliphatic hydroxyl groups excluding tert-OH is 1. The van der Waals surface area contributed by atoms with Crippen molar-refractivity contribution < 1.29 is 14.6 Å². The fraction of sp³-hybridized carbons (Fsp3) is 0.171. The second kappa shape index (κ2) is 13.3. The zero-order valence-electron chi connectivity index (χ0n) is 23.7. The first kappa shape index (κ1) is 28.1. The first-order chi connectivity index (χ1) is 21.1. The van der Waals surface area contributed by atoms with E-state index < -0.39 is 0 Å². The molecule has 1 aromatic heterocycles. The van der Waals surface area contributed by atoms with Crippen molar-refractivity contribution in [1.29, 1.82) is 0 Å². The van der Waals surface area contributed by atoms with Crippen LogP contribution >= 0.6 is 0 Å². The summed E-state index contributed by atoms with van der Waals surface area (Å²) in [6, 6.07) is 34.9.